The van der Waals surface area contributed by atoms with Crippen LogP contribution in [0, 0.1) is 13.8 Å². The van der Waals surface area contributed by atoms with Gasteiger partial charge in [0.05, 0.1) is 5.69 Å². The average Bonchev–Trinajstić information content (AvgIpc) is 2.88. The lowest BCUT2D eigenvalue weighted by atomic mass is 10.1. The van der Waals surface area contributed by atoms with Crippen LogP contribution in [0.1, 0.15) is 34.3 Å². The number of amides is 1. The number of hydrogen-bond acceptors (Lipinski definition) is 4. The molecular formula is C18H25N3O2. The van der Waals surface area contributed by atoms with E-state index in [1.165, 1.54) is 0 Å². The van der Waals surface area contributed by atoms with E-state index in [9.17, 15) is 4.79 Å². The molecule has 0 radical (unpaired) electrons. The van der Waals surface area contributed by atoms with Crippen molar-refractivity contribution >= 4 is 11.6 Å². The Hall–Kier alpha value is -2.14. The number of aryl methyl sites for hydroxylation is 3. The second-order valence-corrected chi connectivity index (χ2v) is 6.01. The molecule has 124 valence electrons. The molecule has 1 aromatic carbocycles. The molecule has 0 aliphatic carbocycles. The molecule has 0 aliphatic heterocycles. The van der Waals surface area contributed by atoms with Crippen LogP contribution >= 0.6 is 0 Å². The second-order valence-electron chi connectivity index (χ2n) is 6.01. The Morgan fingerprint density at radius 1 is 1.22 bits per heavy atom. The molecule has 2 aromatic rings. The maximum atomic E-state index is 13.1. The summed E-state index contributed by atoms with van der Waals surface area (Å²) in [6.45, 7) is 7.19. The maximum Gasteiger partial charge on any atom is 0.263 e. The Bertz CT molecular complexity index is 677. The Morgan fingerprint density at radius 2 is 1.96 bits per heavy atom. The monoisotopic (exact) mass is 315 g/mol. The van der Waals surface area contributed by atoms with E-state index >= 15 is 0 Å². The highest BCUT2D eigenvalue weighted by Gasteiger charge is 2.25. The third-order valence-corrected chi connectivity index (χ3v) is 3.81. The fraction of sp³-hybridized carbons (Fsp3) is 0.444. The van der Waals surface area contributed by atoms with Gasteiger partial charge in [-0.15, -0.1) is 0 Å². The summed E-state index contributed by atoms with van der Waals surface area (Å²) >= 11 is 0. The molecule has 0 N–H and O–H groups in total. The van der Waals surface area contributed by atoms with Crippen molar-refractivity contribution in [3.8, 4) is 0 Å². The van der Waals surface area contributed by atoms with E-state index in [0.717, 1.165) is 23.5 Å². The first kappa shape index (κ1) is 17.2. The van der Waals surface area contributed by atoms with Gasteiger partial charge < -0.3 is 14.3 Å². The van der Waals surface area contributed by atoms with Crippen molar-refractivity contribution in [2.45, 2.75) is 27.2 Å². The lowest BCUT2D eigenvalue weighted by molar-refractivity contribution is 0.0983. The molecule has 0 saturated heterocycles. The summed E-state index contributed by atoms with van der Waals surface area (Å²) in [7, 11) is 4.00. The van der Waals surface area contributed by atoms with E-state index in [4.69, 9.17) is 4.52 Å². The Kier molecular flexibility index (Phi) is 5.55. The highest BCUT2D eigenvalue weighted by molar-refractivity contribution is 6.07. The summed E-state index contributed by atoms with van der Waals surface area (Å²) in [6, 6.07) is 8.00. The topological polar surface area (TPSA) is 49.6 Å². The number of hydrogen-bond donors (Lipinski definition) is 0. The van der Waals surface area contributed by atoms with E-state index in [2.05, 4.69) is 10.1 Å². The second kappa shape index (κ2) is 7.42. The van der Waals surface area contributed by atoms with E-state index < -0.39 is 0 Å². The SMILES string of the molecule is CCc1noc(C)c1C(=O)N(CCN(C)C)c1cccc(C)c1. The summed E-state index contributed by atoms with van der Waals surface area (Å²) in [5.74, 6) is 0.530. The number of rotatable bonds is 6. The molecule has 0 fully saturated rings. The normalized spacial score (nSPS) is 11.0. The van der Waals surface area contributed by atoms with E-state index in [1.54, 1.807) is 6.92 Å². The minimum absolute atomic E-state index is 0.0481. The predicted molar refractivity (Wildman–Crippen MR) is 92.0 cm³/mol. The van der Waals surface area contributed by atoms with Crippen LogP contribution in [0.2, 0.25) is 0 Å². The third-order valence-electron chi connectivity index (χ3n) is 3.81. The van der Waals surface area contributed by atoms with Crippen LogP contribution in [0.5, 0.6) is 0 Å². The van der Waals surface area contributed by atoms with Crippen LogP contribution in [0.15, 0.2) is 28.8 Å². The van der Waals surface area contributed by atoms with Gasteiger partial charge in [0, 0.05) is 18.8 Å². The van der Waals surface area contributed by atoms with Gasteiger partial charge in [-0.3, -0.25) is 4.79 Å². The summed E-state index contributed by atoms with van der Waals surface area (Å²) in [5, 5.41) is 4.01. The molecule has 1 amide bonds. The van der Waals surface area contributed by atoms with Crippen LogP contribution in [0.25, 0.3) is 0 Å². The van der Waals surface area contributed by atoms with Gasteiger partial charge in [-0.05, 0) is 52.1 Å². The van der Waals surface area contributed by atoms with Crippen LogP contribution < -0.4 is 4.90 Å². The lowest BCUT2D eigenvalue weighted by Crippen LogP contribution is -2.37. The first-order chi connectivity index (χ1) is 10.9. The zero-order valence-corrected chi connectivity index (χ0v) is 14.6. The number of carbonyl (C=O) groups is 1. The molecule has 0 bridgehead atoms. The standard InChI is InChI=1S/C18H25N3O2/c1-6-16-17(14(3)23-19-16)18(22)21(11-10-20(4)5)15-9-7-8-13(2)12-15/h7-9,12H,6,10-11H2,1-5H3. The fourth-order valence-electron chi connectivity index (χ4n) is 2.51. The molecule has 0 aliphatic rings. The van der Waals surface area contributed by atoms with Crippen molar-refractivity contribution in [2.75, 3.05) is 32.1 Å². The third kappa shape index (κ3) is 3.99. The molecule has 2 rings (SSSR count). The van der Waals surface area contributed by atoms with Crippen molar-refractivity contribution in [2.24, 2.45) is 0 Å². The number of carbonyl (C=O) groups excluding carboxylic acids is 1. The maximum absolute atomic E-state index is 13.1. The molecule has 0 spiro atoms. The quantitative estimate of drug-likeness (QED) is 0.822. The number of benzene rings is 1. The first-order valence-electron chi connectivity index (χ1n) is 7.92. The van der Waals surface area contributed by atoms with Gasteiger partial charge in [0.25, 0.3) is 5.91 Å². The van der Waals surface area contributed by atoms with Gasteiger partial charge in [0.2, 0.25) is 0 Å². The number of likely N-dealkylation sites (N-methyl/N-ethyl adjacent to an activating group) is 1. The van der Waals surface area contributed by atoms with Crippen LogP contribution in [0.3, 0.4) is 0 Å². The van der Waals surface area contributed by atoms with E-state index in [-0.39, 0.29) is 5.91 Å². The summed E-state index contributed by atoms with van der Waals surface area (Å²) in [6.07, 6.45) is 0.674. The van der Waals surface area contributed by atoms with Crippen molar-refractivity contribution in [1.29, 1.82) is 0 Å². The molecule has 5 heteroatoms. The van der Waals surface area contributed by atoms with Crippen molar-refractivity contribution in [3.05, 3.63) is 46.8 Å². The molecule has 0 unspecified atom stereocenters. The average molecular weight is 315 g/mol. The Morgan fingerprint density at radius 3 is 2.57 bits per heavy atom. The Balaban J connectivity index is 2.40. The Labute approximate surface area is 137 Å². The molecule has 1 aromatic heterocycles. The van der Waals surface area contributed by atoms with Crippen molar-refractivity contribution < 1.29 is 9.32 Å². The minimum Gasteiger partial charge on any atom is -0.361 e. The van der Waals surface area contributed by atoms with Gasteiger partial charge >= 0.3 is 0 Å². The molecule has 0 saturated carbocycles. The van der Waals surface area contributed by atoms with Gasteiger partial charge in [0.15, 0.2) is 0 Å². The molecule has 0 atom stereocenters. The smallest absolute Gasteiger partial charge is 0.263 e. The first-order valence-corrected chi connectivity index (χ1v) is 7.92. The lowest BCUT2D eigenvalue weighted by Gasteiger charge is -2.25. The van der Waals surface area contributed by atoms with Crippen LogP contribution in [-0.4, -0.2) is 43.1 Å². The zero-order chi connectivity index (χ0) is 17.0. The van der Waals surface area contributed by atoms with Gasteiger partial charge in [-0.1, -0.05) is 24.2 Å². The van der Waals surface area contributed by atoms with Crippen molar-refractivity contribution in [1.82, 2.24) is 10.1 Å². The summed E-state index contributed by atoms with van der Waals surface area (Å²) < 4.78 is 5.24. The van der Waals surface area contributed by atoms with Gasteiger partial charge in [0.1, 0.15) is 11.3 Å². The van der Waals surface area contributed by atoms with Gasteiger partial charge in [-0.25, -0.2) is 0 Å². The predicted octanol–water partition coefficient (Wildman–Crippen LogP) is 3.06. The van der Waals surface area contributed by atoms with Crippen LogP contribution in [0.4, 0.5) is 5.69 Å². The van der Waals surface area contributed by atoms with E-state index in [0.29, 0.717) is 24.3 Å². The number of anilines is 1. The molecule has 5 nitrogen and oxygen atoms in total. The number of aromatic nitrogens is 1. The van der Waals surface area contributed by atoms with E-state index in [1.807, 2.05) is 57.1 Å². The molecular weight excluding hydrogens is 290 g/mol. The highest BCUT2D eigenvalue weighted by atomic mass is 16.5. The summed E-state index contributed by atoms with van der Waals surface area (Å²) in [5.41, 5.74) is 3.34. The zero-order valence-electron chi connectivity index (χ0n) is 14.6. The number of nitrogens with zero attached hydrogens (tertiary/aromatic N) is 3. The molecule has 23 heavy (non-hydrogen) atoms. The van der Waals surface area contributed by atoms with Crippen LogP contribution in [-0.2, 0) is 6.42 Å². The summed E-state index contributed by atoms with van der Waals surface area (Å²) in [4.78, 5) is 17.0. The minimum atomic E-state index is -0.0481. The largest absolute Gasteiger partial charge is 0.361 e. The fourth-order valence-corrected chi connectivity index (χ4v) is 2.51. The highest BCUT2D eigenvalue weighted by Crippen LogP contribution is 2.22. The molecule has 1 heterocycles. The van der Waals surface area contributed by atoms with Crippen molar-refractivity contribution in [3.63, 3.8) is 0 Å². The van der Waals surface area contributed by atoms with Gasteiger partial charge in [-0.2, -0.15) is 0 Å².